The Kier molecular flexibility index (Phi) is 7.00. The lowest BCUT2D eigenvalue weighted by Gasteiger charge is -2.11. The number of thiophene rings is 1. The van der Waals surface area contributed by atoms with E-state index < -0.39 is 0 Å². The van der Waals surface area contributed by atoms with Gasteiger partial charge in [-0.2, -0.15) is 9.97 Å². The molecule has 0 aliphatic rings. The van der Waals surface area contributed by atoms with Gasteiger partial charge in [-0.15, -0.1) is 11.3 Å². The Labute approximate surface area is 330 Å². The third-order valence-electron chi connectivity index (χ3n) is 11.0. The highest BCUT2D eigenvalue weighted by atomic mass is 32.1. The smallest absolute Gasteiger partial charge is 0.238 e. The molecule has 0 saturated carbocycles. The van der Waals surface area contributed by atoms with Gasteiger partial charge in [0.15, 0.2) is 11.6 Å². The summed E-state index contributed by atoms with van der Waals surface area (Å²) in [6, 6.07) is 61.8. The highest BCUT2D eigenvalue weighted by molar-refractivity contribution is 7.25. The van der Waals surface area contributed by atoms with Crippen LogP contribution in [0.2, 0.25) is 0 Å². The maximum absolute atomic E-state index is 5.10. The molecule has 0 fully saturated rings. The molecule has 5 heterocycles. The lowest BCUT2D eigenvalue weighted by molar-refractivity contribution is 0.953. The second-order valence-corrected chi connectivity index (χ2v) is 15.4. The van der Waals surface area contributed by atoms with Gasteiger partial charge in [0, 0.05) is 48.1 Å². The van der Waals surface area contributed by atoms with Crippen LogP contribution < -0.4 is 0 Å². The minimum absolute atomic E-state index is 0.583. The largest absolute Gasteiger partial charge is 0.308 e. The van der Waals surface area contributed by atoms with Crippen LogP contribution in [0.3, 0.4) is 0 Å². The molecule has 0 N–H and O–H groups in total. The molecule has 0 radical (unpaired) electrons. The fraction of sp³-hybridized carbons (Fsp3) is 0. The summed E-state index contributed by atoms with van der Waals surface area (Å²) in [5, 5.41) is 7.12. The predicted octanol–water partition coefficient (Wildman–Crippen LogP) is 12.8. The van der Waals surface area contributed by atoms with E-state index in [1.807, 2.05) is 66.9 Å². The van der Waals surface area contributed by atoms with E-state index in [1.54, 1.807) is 11.3 Å². The van der Waals surface area contributed by atoms with E-state index in [-0.39, 0.29) is 0 Å². The Hall–Kier alpha value is -7.48. The van der Waals surface area contributed by atoms with Crippen molar-refractivity contribution in [2.75, 3.05) is 0 Å². The summed E-state index contributed by atoms with van der Waals surface area (Å²) in [6.07, 6.45) is 2.01. The fourth-order valence-electron chi connectivity index (χ4n) is 8.42. The number of hydrogen-bond acceptors (Lipinski definition) is 5. The van der Waals surface area contributed by atoms with E-state index in [1.165, 1.54) is 31.9 Å². The predicted molar refractivity (Wildman–Crippen MR) is 235 cm³/mol. The first-order valence-corrected chi connectivity index (χ1v) is 19.8. The summed E-state index contributed by atoms with van der Waals surface area (Å²) in [5.74, 6) is 1.85. The molecule has 0 bridgehead atoms. The van der Waals surface area contributed by atoms with Gasteiger partial charge in [0.1, 0.15) is 4.83 Å². The monoisotopic (exact) mass is 746 g/mol. The average molecular weight is 747 g/mol. The first-order chi connectivity index (χ1) is 28.2. The zero-order valence-electron chi connectivity index (χ0n) is 30.4. The minimum Gasteiger partial charge on any atom is -0.308 e. The molecule has 12 rings (SSSR count). The molecule has 12 aromatic rings. The molecule has 0 amide bonds. The molecular formula is C50H30N6S. The molecule has 0 unspecified atom stereocenters. The third-order valence-corrected chi connectivity index (χ3v) is 12.1. The second kappa shape index (κ2) is 12.5. The first kappa shape index (κ1) is 31.8. The highest BCUT2D eigenvalue weighted by Crippen LogP contribution is 2.40. The number of benzene rings is 7. The summed E-state index contributed by atoms with van der Waals surface area (Å²) in [4.78, 5) is 21.2. The van der Waals surface area contributed by atoms with Gasteiger partial charge in [0.05, 0.1) is 34.0 Å². The molecule has 0 aliphatic heterocycles. The van der Waals surface area contributed by atoms with Gasteiger partial charge in [-0.1, -0.05) is 127 Å². The SMILES string of the molecule is c1ccc(-c2nc(-c3ccccc3)nc(-n3c4ccccc4c4cc(-c5ccc6sc7ncc(-n8c9ccccc9c9ccccc98)cc7c6c5)ccc43)n2)cc1. The van der Waals surface area contributed by atoms with Crippen LogP contribution >= 0.6 is 11.3 Å². The number of para-hydroxylation sites is 3. The quantitative estimate of drug-likeness (QED) is 0.176. The van der Waals surface area contributed by atoms with Crippen molar-refractivity contribution in [3.05, 3.63) is 182 Å². The molecule has 0 spiro atoms. The van der Waals surface area contributed by atoms with Crippen LogP contribution in [-0.2, 0) is 0 Å². The van der Waals surface area contributed by atoms with Gasteiger partial charge in [0.25, 0.3) is 0 Å². The van der Waals surface area contributed by atoms with Crippen molar-refractivity contribution in [3.63, 3.8) is 0 Å². The topological polar surface area (TPSA) is 61.4 Å². The van der Waals surface area contributed by atoms with Crippen molar-refractivity contribution in [1.82, 2.24) is 29.1 Å². The number of aromatic nitrogens is 6. The maximum atomic E-state index is 5.10. The summed E-state index contributed by atoms with van der Waals surface area (Å²) in [5.41, 5.74) is 9.66. The van der Waals surface area contributed by atoms with Crippen molar-refractivity contribution in [3.8, 4) is 45.5 Å². The highest BCUT2D eigenvalue weighted by Gasteiger charge is 2.19. The summed E-state index contributed by atoms with van der Waals surface area (Å²) in [7, 11) is 0. The maximum Gasteiger partial charge on any atom is 0.238 e. The molecule has 7 heteroatoms. The Bertz CT molecular complexity index is 3420. The second-order valence-electron chi connectivity index (χ2n) is 14.3. The summed E-state index contributed by atoms with van der Waals surface area (Å²) < 4.78 is 5.73. The van der Waals surface area contributed by atoms with Gasteiger partial charge in [0.2, 0.25) is 5.95 Å². The lowest BCUT2D eigenvalue weighted by Crippen LogP contribution is -2.06. The molecule has 0 aliphatic carbocycles. The van der Waals surface area contributed by atoms with Gasteiger partial charge < -0.3 is 4.57 Å². The van der Waals surface area contributed by atoms with E-state index in [0.29, 0.717) is 17.6 Å². The van der Waals surface area contributed by atoms with Crippen molar-refractivity contribution < 1.29 is 0 Å². The van der Waals surface area contributed by atoms with Gasteiger partial charge in [-0.3, -0.25) is 4.57 Å². The molecule has 5 aromatic heterocycles. The molecule has 0 saturated heterocycles. The minimum atomic E-state index is 0.583. The number of hydrogen-bond donors (Lipinski definition) is 0. The lowest BCUT2D eigenvalue weighted by atomic mass is 10.0. The van der Waals surface area contributed by atoms with Crippen LogP contribution in [0.4, 0.5) is 0 Å². The zero-order valence-corrected chi connectivity index (χ0v) is 31.2. The Balaban J connectivity index is 1.02. The first-order valence-electron chi connectivity index (χ1n) is 19.0. The van der Waals surface area contributed by atoms with Crippen LogP contribution in [0, 0.1) is 0 Å². The normalized spacial score (nSPS) is 11.9. The molecule has 266 valence electrons. The van der Waals surface area contributed by atoms with E-state index >= 15 is 0 Å². The Morgan fingerprint density at radius 2 is 0.877 bits per heavy atom. The standard InChI is InChI=1S/C50H30N6S/c1-3-13-31(14-4-1)47-52-48(32-15-5-2-6-16-32)54-50(53-47)56-44-22-12-9-19-38(44)39-27-33(23-25-45(39)56)34-24-26-46-40(28-34)41-29-35(30-51-49(41)57-46)55-42-20-10-7-17-36(42)37-18-8-11-21-43(37)55/h1-30H. The van der Waals surface area contributed by atoms with Crippen molar-refractivity contribution in [2.24, 2.45) is 0 Å². The Morgan fingerprint density at radius 3 is 1.51 bits per heavy atom. The molecule has 0 atom stereocenters. The zero-order chi connectivity index (χ0) is 37.5. The number of fused-ring (bicyclic) bond motifs is 9. The number of rotatable bonds is 5. The van der Waals surface area contributed by atoms with Crippen molar-refractivity contribution in [2.45, 2.75) is 0 Å². The van der Waals surface area contributed by atoms with Gasteiger partial charge in [-0.05, 0) is 59.7 Å². The van der Waals surface area contributed by atoms with E-state index in [4.69, 9.17) is 19.9 Å². The van der Waals surface area contributed by atoms with Gasteiger partial charge >= 0.3 is 0 Å². The van der Waals surface area contributed by atoms with Crippen molar-refractivity contribution >= 4 is 75.3 Å². The van der Waals surface area contributed by atoms with Crippen LogP contribution in [-0.4, -0.2) is 29.1 Å². The molecule has 6 nitrogen and oxygen atoms in total. The van der Waals surface area contributed by atoms with Crippen LogP contribution in [0.15, 0.2) is 182 Å². The molecule has 7 aromatic carbocycles. The van der Waals surface area contributed by atoms with Crippen LogP contribution in [0.1, 0.15) is 0 Å². The van der Waals surface area contributed by atoms with E-state index in [9.17, 15) is 0 Å². The Morgan fingerprint density at radius 1 is 0.368 bits per heavy atom. The average Bonchev–Trinajstić information content (AvgIpc) is 3.94. The molecular weight excluding hydrogens is 717 g/mol. The van der Waals surface area contributed by atoms with Crippen LogP contribution in [0.5, 0.6) is 0 Å². The van der Waals surface area contributed by atoms with E-state index in [2.05, 4.69) is 124 Å². The number of nitrogens with zero attached hydrogens (tertiary/aromatic N) is 6. The van der Waals surface area contributed by atoms with Crippen LogP contribution in [0.25, 0.3) is 109 Å². The third kappa shape index (κ3) is 5.03. The summed E-state index contributed by atoms with van der Waals surface area (Å²) in [6.45, 7) is 0. The molecule has 57 heavy (non-hydrogen) atoms. The summed E-state index contributed by atoms with van der Waals surface area (Å²) >= 11 is 1.74. The number of pyridine rings is 1. The van der Waals surface area contributed by atoms with Crippen molar-refractivity contribution in [1.29, 1.82) is 0 Å². The fourth-order valence-corrected chi connectivity index (χ4v) is 9.42. The van der Waals surface area contributed by atoms with Gasteiger partial charge in [-0.25, -0.2) is 9.97 Å². The van der Waals surface area contributed by atoms with E-state index in [0.717, 1.165) is 60.0 Å².